The molecule has 0 radical (unpaired) electrons. The lowest BCUT2D eigenvalue weighted by atomic mass is 9.89. The van der Waals surface area contributed by atoms with Crippen molar-refractivity contribution in [3.63, 3.8) is 0 Å². The van der Waals surface area contributed by atoms with Gasteiger partial charge in [0.15, 0.2) is 0 Å². The fourth-order valence-electron chi connectivity index (χ4n) is 4.81. The molecule has 2 aliphatic heterocycles. The first kappa shape index (κ1) is 21.8. The zero-order valence-electron chi connectivity index (χ0n) is 18.5. The van der Waals surface area contributed by atoms with Crippen molar-refractivity contribution in [2.75, 3.05) is 39.3 Å². The minimum atomic E-state index is -0.159. The van der Waals surface area contributed by atoms with Crippen LogP contribution < -0.4 is 4.74 Å². The van der Waals surface area contributed by atoms with Gasteiger partial charge in [-0.05, 0) is 92.1 Å². The average Bonchev–Trinajstić information content (AvgIpc) is 3.00. The summed E-state index contributed by atoms with van der Waals surface area (Å²) in [6, 6.07) is 13.4. The van der Waals surface area contributed by atoms with Crippen molar-refractivity contribution in [3.05, 3.63) is 65.0 Å². The first-order valence-electron chi connectivity index (χ1n) is 11.6. The summed E-state index contributed by atoms with van der Waals surface area (Å²) >= 11 is 0. The molecule has 4 rings (SSSR count). The van der Waals surface area contributed by atoms with Crippen molar-refractivity contribution in [2.45, 2.75) is 44.9 Å². The van der Waals surface area contributed by atoms with E-state index in [1.807, 2.05) is 17.0 Å². The molecule has 1 saturated heterocycles. The van der Waals surface area contributed by atoms with Gasteiger partial charge in [0.05, 0.1) is 6.61 Å². The fraction of sp³-hybridized carbons (Fsp3) is 0.500. The van der Waals surface area contributed by atoms with Crippen LogP contribution in [0.15, 0.2) is 42.5 Å². The molecule has 0 saturated carbocycles. The molecule has 0 aromatic heterocycles. The third-order valence-corrected chi connectivity index (χ3v) is 6.74. The van der Waals surface area contributed by atoms with E-state index in [2.05, 4.69) is 23.1 Å². The monoisotopic (exact) mass is 424 g/mol. The van der Waals surface area contributed by atoms with Crippen LogP contribution in [0.2, 0.25) is 0 Å². The van der Waals surface area contributed by atoms with E-state index in [4.69, 9.17) is 4.74 Å². The van der Waals surface area contributed by atoms with E-state index in [1.54, 1.807) is 19.1 Å². The molecule has 0 atom stereocenters. The molecule has 2 aromatic rings. The van der Waals surface area contributed by atoms with Crippen LogP contribution in [0.5, 0.6) is 5.75 Å². The Morgan fingerprint density at radius 3 is 2.42 bits per heavy atom. The zero-order chi connectivity index (χ0) is 21.6. The van der Waals surface area contributed by atoms with Gasteiger partial charge in [0.25, 0.3) is 0 Å². The van der Waals surface area contributed by atoms with Crippen molar-refractivity contribution in [1.82, 2.24) is 9.80 Å². The molecule has 4 nitrogen and oxygen atoms in total. The lowest BCUT2D eigenvalue weighted by molar-refractivity contribution is -0.128. The fourth-order valence-corrected chi connectivity index (χ4v) is 4.81. The molecule has 1 amide bonds. The quantitative estimate of drug-likeness (QED) is 0.644. The van der Waals surface area contributed by atoms with Gasteiger partial charge in [-0.25, -0.2) is 4.39 Å². The van der Waals surface area contributed by atoms with Crippen LogP contribution in [0.3, 0.4) is 0 Å². The highest BCUT2D eigenvalue weighted by Crippen LogP contribution is 2.28. The Bertz CT molecular complexity index is 875. The second-order valence-electron chi connectivity index (χ2n) is 8.81. The normalized spacial score (nSPS) is 17.8. The molecule has 1 fully saturated rings. The summed E-state index contributed by atoms with van der Waals surface area (Å²) in [6.07, 6.45) is 5.10. The number of fused-ring (bicyclic) bond motifs is 1. The Labute approximate surface area is 185 Å². The van der Waals surface area contributed by atoms with Crippen molar-refractivity contribution < 1.29 is 13.9 Å². The average molecular weight is 425 g/mol. The van der Waals surface area contributed by atoms with Gasteiger partial charge in [-0.2, -0.15) is 0 Å². The Hall–Kier alpha value is -2.40. The Morgan fingerprint density at radius 2 is 1.71 bits per heavy atom. The number of hydrogen-bond acceptors (Lipinski definition) is 3. The highest BCUT2D eigenvalue weighted by molar-refractivity contribution is 5.73. The summed E-state index contributed by atoms with van der Waals surface area (Å²) in [4.78, 5) is 16.1. The summed E-state index contributed by atoms with van der Waals surface area (Å²) < 4.78 is 19.2. The molecule has 5 heteroatoms. The Balaban J connectivity index is 1.18. The molecule has 31 heavy (non-hydrogen) atoms. The smallest absolute Gasteiger partial charge is 0.219 e. The predicted molar refractivity (Wildman–Crippen MR) is 121 cm³/mol. The minimum absolute atomic E-state index is 0.158. The number of halogens is 1. The lowest BCUT2D eigenvalue weighted by Crippen LogP contribution is -2.34. The zero-order valence-corrected chi connectivity index (χ0v) is 18.5. The first-order valence-corrected chi connectivity index (χ1v) is 11.6. The summed E-state index contributed by atoms with van der Waals surface area (Å²) in [5, 5.41) is 0. The number of carbonyl (C=O) groups is 1. The van der Waals surface area contributed by atoms with Gasteiger partial charge in [0.1, 0.15) is 11.6 Å². The van der Waals surface area contributed by atoms with Crippen molar-refractivity contribution in [3.8, 4) is 5.75 Å². The maximum atomic E-state index is 13.1. The van der Waals surface area contributed by atoms with Crippen LogP contribution in [0.4, 0.5) is 4.39 Å². The van der Waals surface area contributed by atoms with Crippen LogP contribution in [-0.2, 0) is 17.6 Å². The lowest BCUT2D eigenvalue weighted by Gasteiger charge is -2.32. The van der Waals surface area contributed by atoms with Gasteiger partial charge >= 0.3 is 0 Å². The van der Waals surface area contributed by atoms with Crippen molar-refractivity contribution in [2.24, 2.45) is 0 Å². The molecule has 2 heterocycles. The largest absolute Gasteiger partial charge is 0.494 e. The number of likely N-dealkylation sites (tertiary alicyclic amines) is 1. The van der Waals surface area contributed by atoms with E-state index in [0.717, 1.165) is 77.2 Å². The summed E-state index contributed by atoms with van der Waals surface area (Å²) in [5.74, 6) is 1.48. The molecule has 166 valence electrons. The number of hydrogen-bond donors (Lipinski definition) is 0. The molecular formula is C26H33FN2O2. The predicted octanol–water partition coefficient (Wildman–Crippen LogP) is 4.42. The maximum Gasteiger partial charge on any atom is 0.219 e. The van der Waals surface area contributed by atoms with Crippen LogP contribution in [0.1, 0.15) is 48.8 Å². The molecule has 0 bridgehead atoms. The van der Waals surface area contributed by atoms with Gasteiger partial charge in [0.2, 0.25) is 5.91 Å². The van der Waals surface area contributed by atoms with Gasteiger partial charge in [0, 0.05) is 26.6 Å². The summed E-state index contributed by atoms with van der Waals surface area (Å²) in [5.41, 5.74) is 3.91. The summed E-state index contributed by atoms with van der Waals surface area (Å²) in [7, 11) is 0. The molecule has 0 aliphatic carbocycles. The van der Waals surface area contributed by atoms with Crippen LogP contribution in [-0.4, -0.2) is 55.0 Å². The van der Waals surface area contributed by atoms with Crippen LogP contribution in [0, 0.1) is 5.82 Å². The van der Waals surface area contributed by atoms with E-state index >= 15 is 0 Å². The number of benzene rings is 2. The molecule has 2 aliphatic rings. The minimum Gasteiger partial charge on any atom is -0.494 e. The topological polar surface area (TPSA) is 32.8 Å². The number of ether oxygens (including phenoxy) is 1. The van der Waals surface area contributed by atoms with Gasteiger partial charge < -0.3 is 14.5 Å². The third kappa shape index (κ3) is 5.85. The Morgan fingerprint density at radius 1 is 1.00 bits per heavy atom. The second kappa shape index (κ2) is 10.3. The van der Waals surface area contributed by atoms with E-state index in [-0.39, 0.29) is 11.7 Å². The highest BCUT2D eigenvalue weighted by atomic mass is 19.1. The van der Waals surface area contributed by atoms with E-state index in [9.17, 15) is 9.18 Å². The SMILES string of the molecule is CC(=O)N1CCc2ccc(OCCCN3CCC(c4ccc(F)cc4)CC3)cc2CC1. The van der Waals surface area contributed by atoms with Crippen molar-refractivity contribution >= 4 is 5.91 Å². The second-order valence-corrected chi connectivity index (χ2v) is 8.81. The first-order chi connectivity index (χ1) is 15.1. The number of carbonyl (C=O) groups excluding carboxylic acids is 1. The van der Waals surface area contributed by atoms with E-state index in [0.29, 0.717) is 5.92 Å². The van der Waals surface area contributed by atoms with Gasteiger partial charge in [-0.1, -0.05) is 18.2 Å². The van der Waals surface area contributed by atoms with Crippen LogP contribution >= 0.6 is 0 Å². The van der Waals surface area contributed by atoms with E-state index in [1.165, 1.54) is 16.7 Å². The molecular weight excluding hydrogens is 391 g/mol. The van der Waals surface area contributed by atoms with Gasteiger partial charge in [-0.3, -0.25) is 4.79 Å². The standard InChI is InChI=1S/C26H33FN2O2/c1-20(30)29-16-11-22-5-8-26(19-24(22)12-17-29)31-18-2-13-28-14-9-23(10-15-28)21-3-6-25(27)7-4-21/h3-8,19,23H,2,9-18H2,1H3. The highest BCUT2D eigenvalue weighted by Gasteiger charge is 2.20. The summed E-state index contributed by atoms with van der Waals surface area (Å²) in [6.45, 7) is 7.20. The number of rotatable bonds is 6. The maximum absolute atomic E-state index is 13.1. The van der Waals surface area contributed by atoms with Crippen LogP contribution in [0.25, 0.3) is 0 Å². The number of nitrogens with zero attached hydrogens (tertiary/aromatic N) is 2. The Kier molecular flexibility index (Phi) is 7.23. The third-order valence-electron chi connectivity index (χ3n) is 6.74. The molecule has 0 spiro atoms. The number of piperidine rings is 1. The molecule has 2 aromatic carbocycles. The molecule has 0 unspecified atom stereocenters. The number of amides is 1. The van der Waals surface area contributed by atoms with E-state index < -0.39 is 0 Å². The van der Waals surface area contributed by atoms with Crippen molar-refractivity contribution in [1.29, 1.82) is 0 Å². The molecule has 0 N–H and O–H groups in total. The van der Waals surface area contributed by atoms with Gasteiger partial charge in [-0.15, -0.1) is 0 Å².